The van der Waals surface area contributed by atoms with E-state index in [-0.39, 0.29) is 23.8 Å². The quantitative estimate of drug-likeness (QED) is 0.604. The van der Waals surface area contributed by atoms with E-state index >= 15 is 0 Å². The molecule has 2 N–H and O–H groups in total. The molecule has 0 atom stereocenters. The van der Waals surface area contributed by atoms with Crippen molar-refractivity contribution in [2.24, 2.45) is 5.92 Å². The number of amides is 1. The number of sulfonamides is 1. The largest absolute Gasteiger partial charge is 0.352 e. The number of hydrogen-bond donors (Lipinski definition) is 2. The van der Waals surface area contributed by atoms with Gasteiger partial charge in [-0.05, 0) is 80.1 Å². The Bertz CT molecular complexity index is 1030. The lowest BCUT2D eigenvalue weighted by atomic mass is 9.98. The molecule has 7 heteroatoms. The van der Waals surface area contributed by atoms with Gasteiger partial charge in [-0.15, -0.1) is 0 Å². The summed E-state index contributed by atoms with van der Waals surface area (Å²) in [6.07, 6.45) is 2.60. The molecule has 3 rings (SSSR count). The van der Waals surface area contributed by atoms with Gasteiger partial charge in [0.1, 0.15) is 0 Å². The first-order valence-corrected chi connectivity index (χ1v) is 12.8. The van der Waals surface area contributed by atoms with Gasteiger partial charge in [0.2, 0.25) is 15.9 Å². The standard InChI is InChI=1S/C25H35N3O3S/c1-19-10-13-28(14-11-19)18-23-6-4-5-22(16-23)17-26-25(29)9-12-27-32(30,31)24-8-7-20(2)21(3)15-24/h4-8,15-16,19,27H,9-14,17-18H2,1-3H3,(H,26,29). The van der Waals surface area contributed by atoms with Gasteiger partial charge >= 0.3 is 0 Å². The number of piperidine rings is 1. The van der Waals surface area contributed by atoms with Crippen molar-refractivity contribution in [3.63, 3.8) is 0 Å². The number of aryl methyl sites for hydroxylation is 2. The van der Waals surface area contributed by atoms with Gasteiger partial charge in [0.05, 0.1) is 4.90 Å². The molecule has 0 spiro atoms. The Labute approximate surface area is 192 Å². The number of hydrogen-bond acceptors (Lipinski definition) is 4. The van der Waals surface area contributed by atoms with Crippen molar-refractivity contribution in [3.05, 3.63) is 64.7 Å². The SMILES string of the molecule is Cc1ccc(S(=O)(=O)NCCC(=O)NCc2cccc(CN3CCC(C)CC3)c2)cc1C. The zero-order valence-corrected chi connectivity index (χ0v) is 20.2. The maximum Gasteiger partial charge on any atom is 0.240 e. The predicted octanol–water partition coefficient (Wildman–Crippen LogP) is 3.52. The second-order valence-electron chi connectivity index (χ2n) is 8.95. The first-order chi connectivity index (χ1) is 15.2. The maximum atomic E-state index is 12.4. The minimum Gasteiger partial charge on any atom is -0.352 e. The van der Waals surface area contributed by atoms with Crippen LogP contribution in [-0.4, -0.2) is 38.9 Å². The van der Waals surface area contributed by atoms with Crippen LogP contribution in [0.4, 0.5) is 0 Å². The lowest BCUT2D eigenvalue weighted by Crippen LogP contribution is -2.32. The number of carbonyl (C=O) groups is 1. The molecule has 32 heavy (non-hydrogen) atoms. The molecule has 0 aromatic heterocycles. The molecule has 1 aliphatic rings. The fraction of sp³-hybridized carbons (Fsp3) is 0.480. The molecule has 1 fully saturated rings. The minimum atomic E-state index is -3.62. The van der Waals surface area contributed by atoms with E-state index in [1.165, 1.54) is 18.4 Å². The Kier molecular flexibility index (Phi) is 8.45. The number of likely N-dealkylation sites (tertiary alicyclic amines) is 1. The number of carbonyl (C=O) groups excluding carboxylic acids is 1. The molecule has 1 aliphatic heterocycles. The predicted molar refractivity (Wildman–Crippen MR) is 128 cm³/mol. The second-order valence-corrected chi connectivity index (χ2v) is 10.7. The Morgan fingerprint density at radius 1 is 1.03 bits per heavy atom. The van der Waals surface area contributed by atoms with Crippen molar-refractivity contribution < 1.29 is 13.2 Å². The van der Waals surface area contributed by atoms with Crippen LogP contribution in [-0.2, 0) is 27.9 Å². The fourth-order valence-corrected chi connectivity index (χ4v) is 4.99. The first-order valence-electron chi connectivity index (χ1n) is 11.4. The molecule has 0 bridgehead atoms. The Balaban J connectivity index is 1.43. The molecule has 0 aliphatic carbocycles. The van der Waals surface area contributed by atoms with Crippen LogP contribution >= 0.6 is 0 Å². The zero-order valence-electron chi connectivity index (χ0n) is 19.4. The molecule has 1 amide bonds. The topological polar surface area (TPSA) is 78.5 Å². The molecular formula is C25H35N3O3S. The van der Waals surface area contributed by atoms with E-state index in [0.29, 0.717) is 6.54 Å². The fourth-order valence-electron chi connectivity index (χ4n) is 3.87. The van der Waals surface area contributed by atoms with Gasteiger partial charge in [0.25, 0.3) is 0 Å². The van der Waals surface area contributed by atoms with Gasteiger partial charge in [-0.2, -0.15) is 0 Å². The van der Waals surface area contributed by atoms with E-state index in [1.807, 2.05) is 26.0 Å². The average Bonchev–Trinajstić information content (AvgIpc) is 2.76. The summed E-state index contributed by atoms with van der Waals surface area (Å²) in [7, 11) is -3.62. The van der Waals surface area contributed by atoms with E-state index < -0.39 is 10.0 Å². The van der Waals surface area contributed by atoms with E-state index in [1.54, 1.807) is 18.2 Å². The second kappa shape index (κ2) is 11.1. The van der Waals surface area contributed by atoms with Crippen LogP contribution in [0.3, 0.4) is 0 Å². The van der Waals surface area contributed by atoms with Crippen molar-refractivity contribution in [1.29, 1.82) is 0 Å². The van der Waals surface area contributed by atoms with E-state index in [0.717, 1.165) is 42.2 Å². The van der Waals surface area contributed by atoms with Crippen molar-refractivity contribution >= 4 is 15.9 Å². The normalized spacial score (nSPS) is 15.6. The lowest BCUT2D eigenvalue weighted by Gasteiger charge is -2.30. The van der Waals surface area contributed by atoms with Gasteiger partial charge in [0.15, 0.2) is 0 Å². The van der Waals surface area contributed by atoms with Crippen molar-refractivity contribution in [1.82, 2.24) is 14.9 Å². The third-order valence-electron chi connectivity index (χ3n) is 6.20. The average molecular weight is 458 g/mol. The van der Waals surface area contributed by atoms with Gasteiger partial charge < -0.3 is 5.32 Å². The molecule has 1 saturated heterocycles. The molecule has 2 aromatic carbocycles. The van der Waals surface area contributed by atoms with Crippen LogP contribution in [0.5, 0.6) is 0 Å². The summed E-state index contributed by atoms with van der Waals surface area (Å²) in [6, 6.07) is 13.3. The monoisotopic (exact) mass is 457 g/mol. The highest BCUT2D eigenvalue weighted by Gasteiger charge is 2.16. The third-order valence-corrected chi connectivity index (χ3v) is 7.66. The van der Waals surface area contributed by atoms with Crippen molar-refractivity contribution in [2.45, 2.75) is 58.0 Å². The molecule has 6 nitrogen and oxygen atoms in total. The Morgan fingerprint density at radius 3 is 2.47 bits per heavy atom. The van der Waals surface area contributed by atoms with Gasteiger partial charge in [-0.1, -0.05) is 37.3 Å². The number of nitrogens with zero attached hydrogens (tertiary/aromatic N) is 1. The molecule has 0 radical (unpaired) electrons. The first kappa shape index (κ1) is 24.4. The van der Waals surface area contributed by atoms with E-state index in [9.17, 15) is 13.2 Å². The number of nitrogens with one attached hydrogen (secondary N) is 2. The molecule has 2 aromatic rings. The van der Waals surface area contributed by atoms with E-state index in [4.69, 9.17) is 0 Å². The smallest absolute Gasteiger partial charge is 0.240 e. The van der Waals surface area contributed by atoms with Gasteiger partial charge in [-0.25, -0.2) is 13.1 Å². The lowest BCUT2D eigenvalue weighted by molar-refractivity contribution is -0.121. The van der Waals surface area contributed by atoms with Crippen LogP contribution in [0.25, 0.3) is 0 Å². The van der Waals surface area contributed by atoms with Crippen LogP contribution in [0.15, 0.2) is 47.4 Å². The highest BCUT2D eigenvalue weighted by Crippen LogP contribution is 2.18. The summed E-state index contributed by atoms with van der Waals surface area (Å²) < 4.78 is 27.4. The molecular weight excluding hydrogens is 422 g/mol. The Morgan fingerprint density at radius 2 is 1.75 bits per heavy atom. The molecule has 0 unspecified atom stereocenters. The summed E-state index contributed by atoms with van der Waals surface area (Å²) >= 11 is 0. The summed E-state index contributed by atoms with van der Waals surface area (Å²) in [6.45, 7) is 9.85. The Hall–Kier alpha value is -2.22. The summed E-state index contributed by atoms with van der Waals surface area (Å²) in [5.74, 6) is 0.640. The number of benzene rings is 2. The third kappa shape index (κ3) is 7.15. The molecule has 1 heterocycles. The summed E-state index contributed by atoms with van der Waals surface area (Å²) in [5.41, 5.74) is 4.27. The van der Waals surface area contributed by atoms with Crippen LogP contribution in [0.1, 0.15) is 48.4 Å². The van der Waals surface area contributed by atoms with Crippen molar-refractivity contribution in [2.75, 3.05) is 19.6 Å². The number of rotatable bonds is 9. The summed E-state index contributed by atoms with van der Waals surface area (Å²) in [5, 5.41) is 2.89. The molecule has 0 saturated carbocycles. The maximum absolute atomic E-state index is 12.4. The molecule has 174 valence electrons. The minimum absolute atomic E-state index is 0.0640. The van der Waals surface area contributed by atoms with E-state index in [2.05, 4.69) is 34.0 Å². The van der Waals surface area contributed by atoms with Crippen molar-refractivity contribution in [3.8, 4) is 0 Å². The summed E-state index contributed by atoms with van der Waals surface area (Å²) in [4.78, 5) is 14.9. The highest BCUT2D eigenvalue weighted by molar-refractivity contribution is 7.89. The van der Waals surface area contributed by atoms with Gasteiger partial charge in [-0.3, -0.25) is 9.69 Å². The van der Waals surface area contributed by atoms with Crippen LogP contribution in [0.2, 0.25) is 0 Å². The van der Waals surface area contributed by atoms with Crippen LogP contribution < -0.4 is 10.0 Å². The zero-order chi connectivity index (χ0) is 23.1. The van der Waals surface area contributed by atoms with Crippen LogP contribution in [0, 0.1) is 19.8 Å². The van der Waals surface area contributed by atoms with Gasteiger partial charge in [0, 0.05) is 26.1 Å². The highest BCUT2D eigenvalue weighted by atomic mass is 32.2.